The van der Waals surface area contributed by atoms with Crippen LogP contribution in [0, 0.1) is 16.0 Å². The fraction of sp³-hybridized carbons (Fsp3) is 0.640. The zero-order valence-corrected chi connectivity index (χ0v) is 20.2. The Morgan fingerprint density at radius 1 is 1.32 bits per heavy atom. The van der Waals surface area contributed by atoms with E-state index in [-0.39, 0.29) is 49.0 Å². The second kappa shape index (κ2) is 10.3. The molecule has 34 heavy (non-hydrogen) atoms. The van der Waals surface area contributed by atoms with Gasteiger partial charge in [-0.25, -0.2) is 8.78 Å². The number of carbonyl (C=O) groups excluding carboxylic acids is 1. The van der Waals surface area contributed by atoms with Crippen molar-refractivity contribution in [3.63, 3.8) is 0 Å². The van der Waals surface area contributed by atoms with Gasteiger partial charge >= 0.3 is 5.97 Å². The third-order valence-corrected chi connectivity index (χ3v) is 6.66. The maximum absolute atomic E-state index is 15.1. The number of alkyl halides is 2. The fourth-order valence-corrected chi connectivity index (χ4v) is 4.87. The Hall–Kier alpha value is -2.71. The van der Waals surface area contributed by atoms with Crippen LogP contribution in [-0.2, 0) is 15.6 Å². The Morgan fingerprint density at radius 2 is 2.06 bits per heavy atom. The number of unbranched alkanes of at least 4 members (excludes halogenated alkanes) is 1. The van der Waals surface area contributed by atoms with E-state index < -0.39 is 22.6 Å². The molecule has 7 nitrogen and oxygen atoms in total. The lowest BCUT2D eigenvalue weighted by Crippen LogP contribution is -2.45. The van der Waals surface area contributed by atoms with E-state index in [1.54, 1.807) is 0 Å². The number of ether oxygens (including phenoxy) is 2. The van der Waals surface area contributed by atoms with E-state index in [2.05, 4.69) is 10.9 Å². The van der Waals surface area contributed by atoms with Gasteiger partial charge in [0.25, 0.3) is 11.0 Å². The normalized spacial score (nSPS) is 20.9. The van der Waals surface area contributed by atoms with Crippen LogP contribution in [0.2, 0.25) is 0 Å². The molecular weight excluding hydrogens is 448 g/mol. The third-order valence-electron chi connectivity index (χ3n) is 6.66. The number of fused-ring (bicyclic) bond motifs is 3. The third kappa shape index (κ3) is 5.85. The van der Waals surface area contributed by atoms with Crippen molar-refractivity contribution >= 4 is 5.97 Å². The van der Waals surface area contributed by atoms with Crippen molar-refractivity contribution in [3.05, 3.63) is 45.0 Å². The summed E-state index contributed by atoms with van der Waals surface area (Å²) in [6, 6.07) is 2.65. The molecule has 188 valence electrons. The number of esters is 1. The maximum atomic E-state index is 15.1. The fourth-order valence-electron chi connectivity index (χ4n) is 4.87. The summed E-state index contributed by atoms with van der Waals surface area (Å²) in [6.07, 6.45) is 4.51. The van der Waals surface area contributed by atoms with Crippen LogP contribution in [0.25, 0.3) is 0 Å². The molecule has 0 saturated heterocycles. The van der Waals surface area contributed by atoms with Gasteiger partial charge in [0, 0.05) is 35.8 Å². The standard InChI is InChI=1S/C25H33F2NO6/c1-5-6-11-25(26,27)17-14-20(33-22(29)8-7-12-32-28(30)31)23-18-13-16(2)9-10-19(18)24(3,4)34-21(23)15-17/h13-15,18-19H,5-12H2,1-4H3. The van der Waals surface area contributed by atoms with Crippen LogP contribution in [-0.4, -0.2) is 23.3 Å². The summed E-state index contributed by atoms with van der Waals surface area (Å²) in [5.74, 6) is -3.42. The number of hydrogen-bond donors (Lipinski definition) is 0. The van der Waals surface area contributed by atoms with E-state index >= 15 is 8.78 Å². The summed E-state index contributed by atoms with van der Waals surface area (Å²) >= 11 is 0. The van der Waals surface area contributed by atoms with Crippen molar-refractivity contribution in [2.75, 3.05) is 6.61 Å². The Labute approximate surface area is 198 Å². The van der Waals surface area contributed by atoms with E-state index in [9.17, 15) is 14.9 Å². The Morgan fingerprint density at radius 3 is 2.74 bits per heavy atom. The summed E-state index contributed by atoms with van der Waals surface area (Å²) in [7, 11) is 0. The molecule has 0 saturated carbocycles. The van der Waals surface area contributed by atoms with Gasteiger partial charge in [-0.3, -0.25) is 4.79 Å². The molecule has 2 atom stereocenters. The quantitative estimate of drug-likeness (QED) is 0.0950. The molecule has 1 aliphatic carbocycles. The highest BCUT2D eigenvalue weighted by Gasteiger charge is 2.46. The first-order valence-electron chi connectivity index (χ1n) is 11.8. The SMILES string of the molecule is CCCCC(F)(F)c1cc(OC(=O)CCCO[N+](=O)[O-])c2c(c1)OC(C)(C)C1CCC(C)=CC21. The predicted octanol–water partition coefficient (Wildman–Crippen LogP) is 6.47. The van der Waals surface area contributed by atoms with Crippen LogP contribution in [0.1, 0.15) is 89.7 Å². The van der Waals surface area contributed by atoms with E-state index in [1.807, 2.05) is 27.7 Å². The average molecular weight is 482 g/mol. The van der Waals surface area contributed by atoms with E-state index in [4.69, 9.17) is 9.47 Å². The molecule has 2 unspecified atom stereocenters. The van der Waals surface area contributed by atoms with Gasteiger partial charge in [-0.05, 0) is 58.6 Å². The van der Waals surface area contributed by atoms with Crippen LogP contribution in [0.3, 0.4) is 0 Å². The summed E-state index contributed by atoms with van der Waals surface area (Å²) in [5.41, 5.74) is 0.975. The predicted molar refractivity (Wildman–Crippen MR) is 122 cm³/mol. The number of nitrogens with zero attached hydrogens (tertiary/aromatic N) is 1. The molecule has 1 aromatic carbocycles. The highest BCUT2D eigenvalue weighted by molar-refractivity contribution is 5.74. The molecule has 2 aliphatic rings. The van der Waals surface area contributed by atoms with Gasteiger partial charge in [-0.2, -0.15) is 0 Å². The Kier molecular flexibility index (Phi) is 7.83. The van der Waals surface area contributed by atoms with Gasteiger partial charge in [0.05, 0.1) is 6.61 Å². The molecule has 3 rings (SSSR count). The number of hydrogen-bond acceptors (Lipinski definition) is 6. The second-order valence-corrected chi connectivity index (χ2v) is 9.72. The minimum absolute atomic E-state index is 0.0697. The molecule has 9 heteroatoms. The molecule has 0 fully saturated rings. The van der Waals surface area contributed by atoms with Gasteiger partial charge in [0.1, 0.15) is 17.1 Å². The number of rotatable bonds is 10. The zero-order valence-electron chi connectivity index (χ0n) is 20.2. The first-order chi connectivity index (χ1) is 15.9. The first-order valence-corrected chi connectivity index (χ1v) is 11.8. The largest absolute Gasteiger partial charge is 0.487 e. The van der Waals surface area contributed by atoms with Crippen molar-refractivity contribution in [1.29, 1.82) is 0 Å². The van der Waals surface area contributed by atoms with E-state index in [0.29, 0.717) is 24.2 Å². The number of halogens is 2. The molecule has 0 spiro atoms. The highest BCUT2D eigenvalue weighted by Crippen LogP contribution is 2.54. The highest BCUT2D eigenvalue weighted by atomic mass is 19.3. The molecular formula is C25H33F2NO6. The van der Waals surface area contributed by atoms with Crippen LogP contribution >= 0.6 is 0 Å². The zero-order chi connectivity index (χ0) is 25.1. The van der Waals surface area contributed by atoms with Gasteiger partial charge in [0.2, 0.25) is 0 Å². The van der Waals surface area contributed by atoms with Crippen molar-refractivity contribution in [1.82, 2.24) is 0 Å². The monoisotopic (exact) mass is 481 g/mol. The van der Waals surface area contributed by atoms with E-state index in [1.165, 1.54) is 17.7 Å². The van der Waals surface area contributed by atoms with Crippen LogP contribution in [0.15, 0.2) is 23.8 Å². The number of benzene rings is 1. The molecule has 0 radical (unpaired) electrons. The second-order valence-electron chi connectivity index (χ2n) is 9.72. The summed E-state index contributed by atoms with van der Waals surface area (Å²) in [5, 5.41) is 9.36. The average Bonchev–Trinajstić information content (AvgIpc) is 2.74. The van der Waals surface area contributed by atoms with Crippen molar-refractivity contribution in [2.24, 2.45) is 5.92 Å². The molecule has 1 heterocycles. The molecule has 1 aromatic rings. The minimum Gasteiger partial charge on any atom is -0.487 e. The summed E-state index contributed by atoms with van der Waals surface area (Å²) in [6.45, 7) is 7.56. The smallest absolute Gasteiger partial charge is 0.311 e. The molecule has 0 amide bonds. The number of carbonyl (C=O) groups is 1. The van der Waals surface area contributed by atoms with Gasteiger partial charge in [-0.15, -0.1) is 10.1 Å². The van der Waals surface area contributed by atoms with Crippen molar-refractivity contribution < 1.29 is 33.0 Å². The van der Waals surface area contributed by atoms with Crippen molar-refractivity contribution in [3.8, 4) is 11.5 Å². The lowest BCUT2D eigenvalue weighted by Gasteiger charge is -2.46. The topological polar surface area (TPSA) is 87.9 Å². The van der Waals surface area contributed by atoms with Crippen LogP contribution in [0.4, 0.5) is 8.78 Å². The Balaban J connectivity index is 2.00. The number of allylic oxidation sites excluding steroid dienone is 2. The maximum Gasteiger partial charge on any atom is 0.311 e. The van der Waals surface area contributed by atoms with Crippen LogP contribution < -0.4 is 9.47 Å². The summed E-state index contributed by atoms with van der Waals surface area (Å²) in [4.78, 5) is 27.1. The summed E-state index contributed by atoms with van der Waals surface area (Å²) < 4.78 is 42.0. The molecule has 1 aliphatic heterocycles. The van der Waals surface area contributed by atoms with Gasteiger partial charge in [-0.1, -0.05) is 25.0 Å². The van der Waals surface area contributed by atoms with Crippen molar-refractivity contribution in [2.45, 2.75) is 90.1 Å². The minimum atomic E-state index is -3.10. The lowest BCUT2D eigenvalue weighted by atomic mass is 9.68. The Bertz CT molecular complexity index is 959. The van der Waals surface area contributed by atoms with Gasteiger partial charge in [0.15, 0.2) is 0 Å². The molecule has 0 bridgehead atoms. The first kappa shape index (κ1) is 25.9. The van der Waals surface area contributed by atoms with Crippen LogP contribution in [0.5, 0.6) is 11.5 Å². The van der Waals surface area contributed by atoms with E-state index in [0.717, 1.165) is 12.8 Å². The molecule has 0 aromatic heterocycles. The lowest BCUT2D eigenvalue weighted by molar-refractivity contribution is -0.757. The van der Waals surface area contributed by atoms with Gasteiger partial charge < -0.3 is 14.3 Å². The molecule has 0 N–H and O–H groups in total.